The molecule has 0 heterocycles. The number of rotatable bonds is 3. The number of hydrogen-bond donors (Lipinski definition) is 1. The van der Waals surface area contributed by atoms with Crippen LogP contribution in [0, 0.1) is 22.7 Å². The normalized spacial score (nSPS) is 39.9. The number of carboxylic acids is 1. The van der Waals surface area contributed by atoms with Crippen LogP contribution in [0.4, 0.5) is 0 Å². The first kappa shape index (κ1) is 11.7. The van der Waals surface area contributed by atoms with Gasteiger partial charge in [0.2, 0.25) is 0 Å². The van der Waals surface area contributed by atoms with Gasteiger partial charge in [-0.25, -0.2) is 4.79 Å². The average Bonchev–Trinajstić information content (AvgIpc) is 2.50. The van der Waals surface area contributed by atoms with Gasteiger partial charge in [0.1, 0.15) is 0 Å². The molecule has 1 unspecified atom stereocenters. The minimum absolute atomic E-state index is 0.316. The standard InChI is InChI=1S/C14H22O2/c1-9(12(15)16)7-11-8-10-5-6-14(11,4)13(10,2)3/h10-11H,1,5-8H2,2-4H3,(H,15,16)/t10-,11?,14-/m1/s1. The Morgan fingerprint density at radius 3 is 2.44 bits per heavy atom. The minimum Gasteiger partial charge on any atom is -0.478 e. The van der Waals surface area contributed by atoms with Crippen LogP contribution in [0.3, 0.4) is 0 Å². The molecule has 2 rings (SSSR count). The highest BCUT2D eigenvalue weighted by atomic mass is 16.4. The van der Waals surface area contributed by atoms with Crippen molar-refractivity contribution in [1.29, 1.82) is 0 Å². The van der Waals surface area contributed by atoms with Crippen LogP contribution in [0.15, 0.2) is 12.2 Å². The first-order chi connectivity index (χ1) is 7.29. The zero-order valence-electron chi connectivity index (χ0n) is 10.5. The van der Waals surface area contributed by atoms with Crippen molar-refractivity contribution in [1.82, 2.24) is 0 Å². The Morgan fingerprint density at radius 2 is 2.06 bits per heavy atom. The SMILES string of the molecule is C=C(CC1C[C@H]2CC[C@@]1(C)C2(C)C)C(=O)O. The summed E-state index contributed by atoms with van der Waals surface area (Å²) in [5.41, 5.74) is 1.07. The summed E-state index contributed by atoms with van der Waals surface area (Å²) in [4.78, 5) is 10.9. The van der Waals surface area contributed by atoms with Gasteiger partial charge in [-0.1, -0.05) is 27.4 Å². The molecule has 0 aromatic carbocycles. The van der Waals surface area contributed by atoms with Crippen molar-refractivity contribution < 1.29 is 9.90 Å². The summed E-state index contributed by atoms with van der Waals surface area (Å²) in [6.07, 6.45) is 4.43. The molecule has 0 aromatic heterocycles. The van der Waals surface area contributed by atoms with E-state index in [0.29, 0.717) is 28.7 Å². The summed E-state index contributed by atoms with van der Waals surface area (Å²) < 4.78 is 0. The third-order valence-corrected chi connectivity index (χ3v) is 5.77. The van der Waals surface area contributed by atoms with Gasteiger partial charge in [-0.05, 0) is 48.3 Å². The summed E-state index contributed by atoms with van der Waals surface area (Å²) in [7, 11) is 0. The molecule has 2 fully saturated rings. The molecule has 16 heavy (non-hydrogen) atoms. The third kappa shape index (κ3) is 1.35. The molecule has 0 saturated heterocycles. The Hall–Kier alpha value is -0.790. The number of aliphatic carboxylic acids is 1. The topological polar surface area (TPSA) is 37.3 Å². The van der Waals surface area contributed by atoms with Crippen LogP contribution in [0.2, 0.25) is 0 Å². The second-order valence-electron chi connectivity index (χ2n) is 6.42. The van der Waals surface area contributed by atoms with E-state index < -0.39 is 5.97 Å². The lowest BCUT2D eigenvalue weighted by Crippen LogP contribution is -2.32. The first-order valence-electron chi connectivity index (χ1n) is 6.20. The Balaban J connectivity index is 2.16. The molecule has 2 aliphatic carbocycles. The minimum atomic E-state index is -0.829. The number of carbonyl (C=O) groups is 1. The van der Waals surface area contributed by atoms with E-state index in [1.807, 2.05) is 0 Å². The van der Waals surface area contributed by atoms with Crippen molar-refractivity contribution in [3.8, 4) is 0 Å². The molecular formula is C14H22O2. The van der Waals surface area contributed by atoms with E-state index >= 15 is 0 Å². The van der Waals surface area contributed by atoms with Gasteiger partial charge in [-0.2, -0.15) is 0 Å². The van der Waals surface area contributed by atoms with Gasteiger partial charge in [0, 0.05) is 5.57 Å². The molecule has 3 atom stereocenters. The van der Waals surface area contributed by atoms with Crippen molar-refractivity contribution in [2.24, 2.45) is 22.7 Å². The second-order valence-corrected chi connectivity index (χ2v) is 6.42. The largest absolute Gasteiger partial charge is 0.478 e. The van der Waals surface area contributed by atoms with Crippen molar-refractivity contribution >= 4 is 5.97 Å². The summed E-state index contributed by atoms with van der Waals surface area (Å²) in [6.45, 7) is 10.7. The van der Waals surface area contributed by atoms with Gasteiger partial charge >= 0.3 is 5.97 Å². The zero-order chi connectivity index (χ0) is 12.1. The molecule has 2 nitrogen and oxygen atoms in total. The van der Waals surface area contributed by atoms with E-state index in [0.717, 1.165) is 5.92 Å². The number of carboxylic acid groups (broad SMARTS) is 1. The van der Waals surface area contributed by atoms with E-state index in [4.69, 9.17) is 5.11 Å². The van der Waals surface area contributed by atoms with Crippen molar-refractivity contribution in [2.45, 2.75) is 46.5 Å². The maximum Gasteiger partial charge on any atom is 0.330 e. The molecular weight excluding hydrogens is 200 g/mol. The van der Waals surface area contributed by atoms with Gasteiger partial charge < -0.3 is 5.11 Å². The van der Waals surface area contributed by atoms with Crippen molar-refractivity contribution in [3.63, 3.8) is 0 Å². The van der Waals surface area contributed by atoms with E-state index in [-0.39, 0.29) is 0 Å². The molecule has 0 aliphatic heterocycles. The van der Waals surface area contributed by atoms with Gasteiger partial charge in [-0.15, -0.1) is 0 Å². The Labute approximate surface area is 97.7 Å². The Bertz CT molecular complexity index is 343. The fourth-order valence-electron chi connectivity index (χ4n) is 4.06. The molecule has 2 heteroatoms. The smallest absolute Gasteiger partial charge is 0.330 e. The van der Waals surface area contributed by atoms with Crippen LogP contribution < -0.4 is 0 Å². The van der Waals surface area contributed by atoms with E-state index in [1.54, 1.807) is 0 Å². The average molecular weight is 222 g/mol. The molecule has 0 aromatic rings. The molecule has 0 spiro atoms. The molecule has 2 aliphatic rings. The fourth-order valence-corrected chi connectivity index (χ4v) is 4.06. The lowest BCUT2D eigenvalue weighted by molar-refractivity contribution is -0.133. The summed E-state index contributed by atoms with van der Waals surface area (Å²) >= 11 is 0. The van der Waals surface area contributed by atoms with Gasteiger partial charge in [0.15, 0.2) is 0 Å². The van der Waals surface area contributed by atoms with Gasteiger partial charge in [-0.3, -0.25) is 0 Å². The van der Waals surface area contributed by atoms with Crippen LogP contribution in [-0.2, 0) is 4.79 Å². The summed E-state index contributed by atoms with van der Waals surface area (Å²) in [6, 6.07) is 0. The highest BCUT2D eigenvalue weighted by Gasteiger charge is 2.60. The van der Waals surface area contributed by atoms with Crippen LogP contribution in [0.1, 0.15) is 46.5 Å². The highest BCUT2D eigenvalue weighted by Crippen LogP contribution is 2.69. The lowest BCUT2D eigenvalue weighted by Gasteiger charge is -2.39. The maximum absolute atomic E-state index is 10.9. The quantitative estimate of drug-likeness (QED) is 0.742. The highest BCUT2D eigenvalue weighted by molar-refractivity contribution is 5.85. The Morgan fingerprint density at radius 1 is 1.44 bits per heavy atom. The van der Waals surface area contributed by atoms with Crippen LogP contribution in [0.25, 0.3) is 0 Å². The molecule has 1 N–H and O–H groups in total. The van der Waals surface area contributed by atoms with E-state index in [9.17, 15) is 4.79 Å². The molecule has 90 valence electrons. The predicted molar refractivity (Wildman–Crippen MR) is 64.1 cm³/mol. The van der Waals surface area contributed by atoms with Crippen LogP contribution in [0.5, 0.6) is 0 Å². The lowest BCUT2D eigenvalue weighted by atomic mass is 9.65. The van der Waals surface area contributed by atoms with Crippen molar-refractivity contribution in [3.05, 3.63) is 12.2 Å². The third-order valence-electron chi connectivity index (χ3n) is 5.77. The molecule has 0 amide bonds. The van der Waals surface area contributed by atoms with E-state index in [2.05, 4.69) is 27.4 Å². The first-order valence-corrected chi connectivity index (χ1v) is 6.20. The molecule has 2 saturated carbocycles. The number of fused-ring (bicyclic) bond motifs is 2. The zero-order valence-corrected chi connectivity index (χ0v) is 10.5. The molecule has 0 radical (unpaired) electrons. The van der Waals surface area contributed by atoms with Crippen LogP contribution >= 0.6 is 0 Å². The van der Waals surface area contributed by atoms with E-state index in [1.165, 1.54) is 19.3 Å². The van der Waals surface area contributed by atoms with Crippen molar-refractivity contribution in [2.75, 3.05) is 0 Å². The molecule has 2 bridgehead atoms. The second kappa shape index (κ2) is 3.35. The summed E-state index contributed by atoms with van der Waals surface area (Å²) in [5, 5.41) is 8.93. The maximum atomic E-state index is 10.9. The monoisotopic (exact) mass is 222 g/mol. The summed E-state index contributed by atoms with van der Waals surface area (Å²) in [5.74, 6) is 0.470. The van der Waals surface area contributed by atoms with Gasteiger partial charge in [0.25, 0.3) is 0 Å². The number of hydrogen-bond acceptors (Lipinski definition) is 1. The fraction of sp³-hybridized carbons (Fsp3) is 0.786. The predicted octanol–water partition coefficient (Wildman–Crippen LogP) is 3.48. The van der Waals surface area contributed by atoms with Gasteiger partial charge in [0.05, 0.1) is 0 Å². The Kier molecular flexibility index (Phi) is 2.45. The van der Waals surface area contributed by atoms with Crippen LogP contribution in [-0.4, -0.2) is 11.1 Å².